The summed E-state index contributed by atoms with van der Waals surface area (Å²) in [6.45, 7) is 2.02. The fraction of sp³-hybridized carbons (Fsp3) is 0.500. The van der Waals surface area contributed by atoms with Crippen molar-refractivity contribution in [2.24, 2.45) is 0 Å². The van der Waals surface area contributed by atoms with Gasteiger partial charge in [0.1, 0.15) is 0 Å². The molecule has 0 spiro atoms. The van der Waals surface area contributed by atoms with E-state index in [9.17, 15) is 0 Å². The Morgan fingerprint density at radius 1 is 1.62 bits per heavy atom. The van der Waals surface area contributed by atoms with Crippen molar-refractivity contribution in [3.63, 3.8) is 0 Å². The first kappa shape index (κ1) is 7.30. The average Bonchev–Trinajstić information content (AvgIpc) is 1.81. The molecule has 0 nitrogen and oxygen atoms in total. The SMILES string of the molecule is C#CCCC/C=C\C. The Balaban J connectivity index is 2.85. The molecule has 0 fully saturated rings. The van der Waals surface area contributed by atoms with E-state index in [-0.39, 0.29) is 0 Å². The predicted molar refractivity (Wildman–Crippen MR) is 37.5 cm³/mol. The van der Waals surface area contributed by atoms with E-state index >= 15 is 0 Å². The molecule has 0 aromatic carbocycles. The average molecular weight is 108 g/mol. The van der Waals surface area contributed by atoms with Crippen molar-refractivity contribution >= 4 is 0 Å². The summed E-state index contributed by atoms with van der Waals surface area (Å²) in [6, 6.07) is 0. The van der Waals surface area contributed by atoms with Gasteiger partial charge in [-0.2, -0.15) is 0 Å². The minimum atomic E-state index is 0.907. The first-order valence-corrected chi connectivity index (χ1v) is 2.96. The van der Waals surface area contributed by atoms with Crippen LogP contribution in [0.25, 0.3) is 0 Å². The van der Waals surface area contributed by atoms with E-state index in [4.69, 9.17) is 6.42 Å². The quantitative estimate of drug-likeness (QED) is 0.296. The molecule has 44 valence electrons. The molecular formula is C8H12. The highest BCUT2D eigenvalue weighted by atomic mass is 13.8. The number of unbranched alkanes of at least 4 members (excludes halogenated alkanes) is 2. The molecule has 0 saturated carbocycles. The van der Waals surface area contributed by atoms with Crippen LogP contribution in [0.4, 0.5) is 0 Å². The highest BCUT2D eigenvalue weighted by Gasteiger charge is 1.75. The van der Waals surface area contributed by atoms with E-state index in [1.54, 1.807) is 0 Å². The Kier molecular flexibility index (Phi) is 5.75. The van der Waals surface area contributed by atoms with Crippen LogP contribution in [-0.2, 0) is 0 Å². The molecule has 0 heteroatoms. The summed E-state index contributed by atoms with van der Waals surface area (Å²) >= 11 is 0. The molecule has 8 heavy (non-hydrogen) atoms. The molecule has 0 aliphatic heterocycles. The predicted octanol–water partition coefficient (Wildman–Crippen LogP) is 2.37. The van der Waals surface area contributed by atoms with Crippen molar-refractivity contribution < 1.29 is 0 Å². The summed E-state index contributed by atoms with van der Waals surface area (Å²) in [6.07, 6.45) is 12.4. The first-order chi connectivity index (χ1) is 3.91. The van der Waals surface area contributed by atoms with Crippen LogP contribution < -0.4 is 0 Å². The van der Waals surface area contributed by atoms with Crippen LogP contribution in [-0.4, -0.2) is 0 Å². The molecule has 0 aromatic heterocycles. The fourth-order valence-corrected chi connectivity index (χ4v) is 0.489. The van der Waals surface area contributed by atoms with Crippen LogP contribution in [0, 0.1) is 12.3 Å². The Labute approximate surface area is 51.6 Å². The summed E-state index contributed by atoms with van der Waals surface area (Å²) in [5, 5.41) is 0. The van der Waals surface area contributed by atoms with Crippen molar-refractivity contribution in [2.45, 2.75) is 26.2 Å². The number of rotatable bonds is 3. The Hall–Kier alpha value is -0.700. The third kappa shape index (κ3) is 5.30. The summed E-state index contributed by atoms with van der Waals surface area (Å²) in [4.78, 5) is 0. The smallest absolute Gasteiger partial charge is 0.00890 e. The van der Waals surface area contributed by atoms with Gasteiger partial charge in [-0.15, -0.1) is 12.3 Å². The molecule has 0 saturated heterocycles. The van der Waals surface area contributed by atoms with Crippen LogP contribution in [0.1, 0.15) is 26.2 Å². The topological polar surface area (TPSA) is 0 Å². The zero-order valence-corrected chi connectivity index (χ0v) is 5.35. The zero-order chi connectivity index (χ0) is 6.24. The van der Waals surface area contributed by atoms with Crippen LogP contribution >= 0.6 is 0 Å². The van der Waals surface area contributed by atoms with Gasteiger partial charge in [-0.25, -0.2) is 0 Å². The molecule has 0 bridgehead atoms. The second kappa shape index (κ2) is 6.30. The van der Waals surface area contributed by atoms with Gasteiger partial charge in [-0.05, 0) is 19.8 Å². The molecule has 0 heterocycles. The van der Waals surface area contributed by atoms with Crippen LogP contribution in [0.2, 0.25) is 0 Å². The van der Waals surface area contributed by atoms with E-state index < -0.39 is 0 Å². The molecule has 0 atom stereocenters. The summed E-state index contributed by atoms with van der Waals surface area (Å²) < 4.78 is 0. The molecule has 0 aliphatic carbocycles. The fourth-order valence-electron chi connectivity index (χ4n) is 0.489. The number of allylic oxidation sites excluding steroid dienone is 2. The van der Waals surface area contributed by atoms with Crippen LogP contribution in [0.5, 0.6) is 0 Å². The van der Waals surface area contributed by atoms with Crippen molar-refractivity contribution in [2.75, 3.05) is 0 Å². The number of terminal acetylenes is 1. The van der Waals surface area contributed by atoms with Gasteiger partial charge < -0.3 is 0 Å². The Morgan fingerprint density at radius 2 is 2.38 bits per heavy atom. The monoisotopic (exact) mass is 108 g/mol. The van der Waals surface area contributed by atoms with Gasteiger partial charge in [-0.3, -0.25) is 0 Å². The second-order valence-corrected chi connectivity index (χ2v) is 1.67. The molecule has 0 unspecified atom stereocenters. The van der Waals surface area contributed by atoms with Gasteiger partial charge in [0.05, 0.1) is 0 Å². The van der Waals surface area contributed by atoms with Crippen LogP contribution in [0.3, 0.4) is 0 Å². The van der Waals surface area contributed by atoms with Crippen molar-refractivity contribution in [1.29, 1.82) is 0 Å². The number of hydrogen-bond donors (Lipinski definition) is 0. The standard InChI is InChI=1S/C8H12/c1-3-5-7-8-6-4-2/h1,4,6H,5,7-8H2,2H3/b6-4-. The summed E-state index contributed by atoms with van der Waals surface area (Å²) in [7, 11) is 0. The minimum absolute atomic E-state index is 0.907. The van der Waals surface area contributed by atoms with Crippen LogP contribution in [0.15, 0.2) is 12.2 Å². The largest absolute Gasteiger partial charge is 0.120 e. The highest BCUT2D eigenvalue weighted by Crippen LogP contribution is 1.93. The third-order valence-electron chi connectivity index (χ3n) is 0.928. The molecule has 0 rings (SSSR count). The molecule has 0 amide bonds. The van der Waals surface area contributed by atoms with Gasteiger partial charge >= 0.3 is 0 Å². The second-order valence-electron chi connectivity index (χ2n) is 1.67. The maximum Gasteiger partial charge on any atom is 0.00890 e. The zero-order valence-electron chi connectivity index (χ0n) is 5.35. The normalized spacial score (nSPS) is 9.50. The lowest BCUT2D eigenvalue weighted by molar-refractivity contribution is 0.885. The molecule has 0 N–H and O–H groups in total. The van der Waals surface area contributed by atoms with Gasteiger partial charge in [-0.1, -0.05) is 12.2 Å². The maximum atomic E-state index is 5.04. The number of hydrogen-bond acceptors (Lipinski definition) is 0. The molecular weight excluding hydrogens is 96.1 g/mol. The van der Waals surface area contributed by atoms with Gasteiger partial charge in [0.25, 0.3) is 0 Å². The van der Waals surface area contributed by atoms with Gasteiger partial charge in [0.2, 0.25) is 0 Å². The first-order valence-electron chi connectivity index (χ1n) is 2.96. The molecule has 0 aromatic rings. The lowest BCUT2D eigenvalue weighted by Gasteiger charge is -1.83. The summed E-state index contributed by atoms with van der Waals surface area (Å²) in [5.41, 5.74) is 0. The Bertz CT molecular complexity index is 93.1. The molecule has 0 aliphatic rings. The van der Waals surface area contributed by atoms with E-state index in [2.05, 4.69) is 18.1 Å². The minimum Gasteiger partial charge on any atom is -0.120 e. The van der Waals surface area contributed by atoms with Gasteiger partial charge in [0, 0.05) is 6.42 Å². The molecule has 0 radical (unpaired) electrons. The van der Waals surface area contributed by atoms with Crippen molar-refractivity contribution in [3.05, 3.63) is 12.2 Å². The van der Waals surface area contributed by atoms with E-state index in [1.807, 2.05) is 6.92 Å². The van der Waals surface area contributed by atoms with E-state index in [1.165, 1.54) is 0 Å². The van der Waals surface area contributed by atoms with E-state index in [0.717, 1.165) is 19.3 Å². The maximum absolute atomic E-state index is 5.04. The summed E-state index contributed by atoms with van der Waals surface area (Å²) in [5.74, 6) is 2.59. The van der Waals surface area contributed by atoms with Crippen molar-refractivity contribution in [1.82, 2.24) is 0 Å². The third-order valence-corrected chi connectivity index (χ3v) is 0.928. The van der Waals surface area contributed by atoms with Gasteiger partial charge in [0.15, 0.2) is 0 Å². The van der Waals surface area contributed by atoms with E-state index in [0.29, 0.717) is 0 Å². The van der Waals surface area contributed by atoms with Crippen molar-refractivity contribution in [3.8, 4) is 12.3 Å². The lowest BCUT2D eigenvalue weighted by atomic mass is 10.2. The highest BCUT2D eigenvalue weighted by molar-refractivity contribution is 4.85. The lowest BCUT2D eigenvalue weighted by Crippen LogP contribution is -1.66. The Morgan fingerprint density at radius 3 is 2.88 bits per heavy atom.